The molecule has 0 saturated heterocycles. The second-order valence-electron chi connectivity index (χ2n) is 4.53. The van der Waals surface area contributed by atoms with Crippen molar-refractivity contribution in [2.45, 2.75) is 31.7 Å². The molecule has 0 N–H and O–H groups in total. The highest BCUT2D eigenvalue weighted by molar-refractivity contribution is 9.10. The monoisotopic (exact) mass is 267 g/mol. The summed E-state index contributed by atoms with van der Waals surface area (Å²) in [7, 11) is 0. The van der Waals surface area contributed by atoms with Crippen molar-refractivity contribution in [3.8, 4) is 0 Å². The molecule has 0 atom stereocenters. The maximum absolute atomic E-state index is 4.39. The van der Waals surface area contributed by atoms with Gasteiger partial charge in [0.05, 0.1) is 4.47 Å². The molecule has 15 heavy (non-hydrogen) atoms. The van der Waals surface area contributed by atoms with Crippen LogP contribution in [0, 0.1) is 5.92 Å². The van der Waals surface area contributed by atoms with Gasteiger partial charge in [-0.05, 0) is 47.5 Å². The van der Waals surface area contributed by atoms with Crippen LogP contribution in [0.5, 0.6) is 0 Å². The highest BCUT2D eigenvalue weighted by Crippen LogP contribution is 2.36. The van der Waals surface area contributed by atoms with Crippen molar-refractivity contribution in [1.82, 2.24) is 9.97 Å². The van der Waals surface area contributed by atoms with E-state index in [4.69, 9.17) is 0 Å². The van der Waals surface area contributed by atoms with Crippen molar-refractivity contribution in [3.05, 3.63) is 16.9 Å². The van der Waals surface area contributed by atoms with Crippen molar-refractivity contribution < 1.29 is 0 Å². The lowest BCUT2D eigenvalue weighted by Gasteiger charge is -2.21. The molecule has 2 fully saturated rings. The Balaban J connectivity index is 1.77. The standard InChI is InChI=1S/C11H14BrN3/c12-9-5-13-11(14-6-9)15(10-3-4-10)7-8-1-2-8/h5-6,8,10H,1-4,7H2. The summed E-state index contributed by atoms with van der Waals surface area (Å²) in [6.07, 6.45) is 9.08. The third-order valence-corrected chi connectivity index (χ3v) is 3.41. The molecule has 2 aliphatic carbocycles. The lowest BCUT2D eigenvalue weighted by molar-refractivity contribution is 0.696. The number of aromatic nitrogens is 2. The minimum Gasteiger partial charge on any atom is -0.338 e. The van der Waals surface area contributed by atoms with Gasteiger partial charge in [0.2, 0.25) is 5.95 Å². The Morgan fingerprint density at radius 1 is 1.20 bits per heavy atom. The Bertz CT molecular complexity index is 343. The van der Waals surface area contributed by atoms with Gasteiger partial charge in [0.25, 0.3) is 0 Å². The minimum atomic E-state index is 0.715. The second kappa shape index (κ2) is 3.74. The maximum Gasteiger partial charge on any atom is 0.225 e. The first kappa shape index (κ1) is 9.58. The average molecular weight is 268 g/mol. The van der Waals surface area contributed by atoms with Gasteiger partial charge in [-0.1, -0.05) is 0 Å². The van der Waals surface area contributed by atoms with E-state index in [0.717, 1.165) is 22.9 Å². The fourth-order valence-electron chi connectivity index (χ4n) is 1.81. The second-order valence-corrected chi connectivity index (χ2v) is 5.44. The van der Waals surface area contributed by atoms with E-state index in [1.165, 1.54) is 25.7 Å². The van der Waals surface area contributed by atoms with Gasteiger partial charge in [-0.25, -0.2) is 9.97 Å². The van der Waals surface area contributed by atoms with Crippen LogP contribution in [-0.4, -0.2) is 22.6 Å². The molecule has 0 amide bonds. The zero-order valence-corrected chi connectivity index (χ0v) is 10.2. The Morgan fingerprint density at radius 2 is 1.87 bits per heavy atom. The van der Waals surface area contributed by atoms with Gasteiger partial charge in [0, 0.05) is 25.0 Å². The highest BCUT2D eigenvalue weighted by atomic mass is 79.9. The number of hydrogen-bond donors (Lipinski definition) is 0. The minimum absolute atomic E-state index is 0.715. The molecular formula is C11H14BrN3. The topological polar surface area (TPSA) is 29.0 Å². The van der Waals surface area contributed by atoms with E-state index in [0.29, 0.717) is 6.04 Å². The zero-order valence-electron chi connectivity index (χ0n) is 8.56. The summed E-state index contributed by atoms with van der Waals surface area (Å²) in [6, 6.07) is 0.715. The fraction of sp³-hybridized carbons (Fsp3) is 0.636. The number of nitrogens with zero attached hydrogens (tertiary/aromatic N) is 3. The van der Waals surface area contributed by atoms with Gasteiger partial charge >= 0.3 is 0 Å². The Kier molecular flexibility index (Phi) is 2.39. The molecule has 0 unspecified atom stereocenters. The highest BCUT2D eigenvalue weighted by Gasteiger charge is 2.34. The van der Waals surface area contributed by atoms with Crippen molar-refractivity contribution in [3.63, 3.8) is 0 Å². The van der Waals surface area contributed by atoms with E-state index in [9.17, 15) is 0 Å². The summed E-state index contributed by atoms with van der Waals surface area (Å²) in [5.74, 6) is 1.81. The molecule has 0 bridgehead atoms. The van der Waals surface area contributed by atoms with Crippen molar-refractivity contribution in [2.75, 3.05) is 11.4 Å². The van der Waals surface area contributed by atoms with Gasteiger partial charge < -0.3 is 4.90 Å². The lowest BCUT2D eigenvalue weighted by Crippen LogP contribution is -2.29. The smallest absolute Gasteiger partial charge is 0.225 e. The Labute approximate surface area is 98.0 Å². The quantitative estimate of drug-likeness (QED) is 0.840. The molecule has 1 aromatic heterocycles. The largest absolute Gasteiger partial charge is 0.338 e. The van der Waals surface area contributed by atoms with Gasteiger partial charge in [0.1, 0.15) is 0 Å². The van der Waals surface area contributed by atoms with Crippen LogP contribution in [0.1, 0.15) is 25.7 Å². The van der Waals surface area contributed by atoms with Crippen LogP contribution in [0.25, 0.3) is 0 Å². The van der Waals surface area contributed by atoms with Crippen LogP contribution in [-0.2, 0) is 0 Å². The zero-order chi connectivity index (χ0) is 10.3. The third-order valence-electron chi connectivity index (χ3n) is 3.00. The average Bonchev–Trinajstić information content (AvgIpc) is 3.10. The predicted octanol–water partition coefficient (Wildman–Crippen LogP) is 2.62. The first-order chi connectivity index (χ1) is 7.33. The Hall–Kier alpha value is -0.640. The number of rotatable bonds is 4. The molecule has 3 nitrogen and oxygen atoms in total. The molecule has 3 rings (SSSR count). The summed E-state index contributed by atoms with van der Waals surface area (Å²) < 4.78 is 0.952. The molecule has 0 radical (unpaired) electrons. The normalized spacial score (nSPS) is 20.3. The van der Waals surface area contributed by atoms with Gasteiger partial charge in [0.15, 0.2) is 0 Å². The summed E-state index contributed by atoms with van der Waals surface area (Å²) >= 11 is 3.37. The summed E-state index contributed by atoms with van der Waals surface area (Å²) in [5, 5.41) is 0. The van der Waals surface area contributed by atoms with Crippen molar-refractivity contribution in [1.29, 1.82) is 0 Å². The van der Waals surface area contributed by atoms with Crippen LogP contribution in [0.3, 0.4) is 0 Å². The van der Waals surface area contributed by atoms with E-state index in [1.54, 1.807) is 0 Å². The molecule has 2 saturated carbocycles. The SMILES string of the molecule is Brc1cnc(N(CC2CC2)C2CC2)nc1. The summed E-state index contributed by atoms with van der Waals surface area (Å²) in [6.45, 7) is 1.16. The molecule has 2 aliphatic rings. The van der Waals surface area contributed by atoms with Crippen LogP contribution in [0.4, 0.5) is 5.95 Å². The van der Waals surface area contributed by atoms with Crippen LogP contribution in [0.15, 0.2) is 16.9 Å². The molecular weight excluding hydrogens is 254 g/mol. The van der Waals surface area contributed by atoms with Crippen molar-refractivity contribution in [2.24, 2.45) is 5.92 Å². The molecule has 80 valence electrons. The fourth-order valence-corrected chi connectivity index (χ4v) is 2.02. The first-order valence-electron chi connectivity index (χ1n) is 5.57. The van der Waals surface area contributed by atoms with E-state index in [-0.39, 0.29) is 0 Å². The van der Waals surface area contributed by atoms with Gasteiger partial charge in [-0.15, -0.1) is 0 Å². The van der Waals surface area contributed by atoms with E-state index >= 15 is 0 Å². The van der Waals surface area contributed by atoms with Gasteiger partial charge in [-0.2, -0.15) is 0 Å². The summed E-state index contributed by atoms with van der Waals surface area (Å²) in [5.41, 5.74) is 0. The van der Waals surface area contributed by atoms with Crippen LogP contribution >= 0.6 is 15.9 Å². The molecule has 0 aromatic carbocycles. The molecule has 4 heteroatoms. The third kappa shape index (κ3) is 2.30. The number of anilines is 1. The first-order valence-corrected chi connectivity index (χ1v) is 6.36. The molecule has 0 spiro atoms. The van der Waals surface area contributed by atoms with Crippen LogP contribution < -0.4 is 4.90 Å². The maximum atomic E-state index is 4.39. The molecule has 1 heterocycles. The predicted molar refractivity (Wildman–Crippen MR) is 62.8 cm³/mol. The van der Waals surface area contributed by atoms with E-state index in [1.807, 2.05) is 12.4 Å². The van der Waals surface area contributed by atoms with Crippen molar-refractivity contribution >= 4 is 21.9 Å². The van der Waals surface area contributed by atoms with E-state index in [2.05, 4.69) is 30.8 Å². The van der Waals surface area contributed by atoms with E-state index < -0.39 is 0 Å². The molecule has 0 aliphatic heterocycles. The van der Waals surface area contributed by atoms with Crippen LogP contribution in [0.2, 0.25) is 0 Å². The summed E-state index contributed by atoms with van der Waals surface area (Å²) in [4.78, 5) is 11.2. The number of hydrogen-bond acceptors (Lipinski definition) is 3. The van der Waals surface area contributed by atoms with Gasteiger partial charge in [-0.3, -0.25) is 0 Å². The molecule has 1 aromatic rings. The number of halogens is 1. The Morgan fingerprint density at radius 3 is 2.40 bits per heavy atom. The lowest BCUT2D eigenvalue weighted by atomic mass is 10.3.